The minimum Gasteiger partial charge on any atom is -0.449 e. The standard InChI is InChI=1S/C42H48F3NO13P2S/c1-5-36(48)57-42(37(49)62-23-43)24(2)18-31-32-20-34(44)33-19-25(47)14-15-39(33,3)41(32,45)35(21-40(31,42)4)58-61(53,54)59-60(51,52)56-17-16-46-38(50)55-22-30-28-12-8-6-10-26(28)27-11-7-9-13-29(27)30/h6-15,19,24,30-32,34-35H,5,16-18,20-23H2,1-4H3,(H,46,50)(H,51,52)(H,53,54)/t24-,31+,32+,34+,35+,39+,40+,41+,42+/m1/s1. The lowest BCUT2D eigenvalue weighted by molar-refractivity contribution is -0.225. The van der Waals surface area contributed by atoms with E-state index in [-0.39, 0.29) is 42.7 Å². The topological polar surface area (TPSA) is 201 Å². The summed E-state index contributed by atoms with van der Waals surface area (Å²) < 4.78 is 102. The maximum absolute atomic E-state index is 18.7. The number of hydrogen-bond acceptors (Lipinski definition) is 12. The molecule has 0 aromatic heterocycles. The Kier molecular flexibility index (Phi) is 12.8. The van der Waals surface area contributed by atoms with Gasteiger partial charge in [-0.05, 0) is 83.8 Å². The zero-order chi connectivity index (χ0) is 45.0. The number of carbonyl (C=O) groups is 4. The lowest BCUT2D eigenvalue weighted by Gasteiger charge is -2.63. The Morgan fingerprint density at radius 3 is 2.26 bits per heavy atom. The average molecular weight is 926 g/mol. The van der Waals surface area contributed by atoms with Gasteiger partial charge < -0.3 is 24.6 Å². The molecule has 0 aliphatic heterocycles. The third-order valence-electron chi connectivity index (χ3n) is 13.6. The van der Waals surface area contributed by atoms with Gasteiger partial charge in [0.15, 0.2) is 17.1 Å². The number of hydrogen-bond donors (Lipinski definition) is 3. The molecule has 20 heteroatoms. The van der Waals surface area contributed by atoms with E-state index in [1.54, 1.807) is 6.92 Å². The number of benzene rings is 2. The highest BCUT2D eigenvalue weighted by Gasteiger charge is 2.79. The molecule has 1 amide bonds. The Labute approximate surface area is 360 Å². The van der Waals surface area contributed by atoms with Gasteiger partial charge in [0.05, 0.1) is 6.61 Å². The Balaban J connectivity index is 1.08. The molecule has 0 heterocycles. The smallest absolute Gasteiger partial charge is 0.449 e. The molecule has 3 N–H and O–H groups in total. The molecule has 3 fully saturated rings. The first-order valence-corrected chi connectivity index (χ1v) is 24.2. The average Bonchev–Trinajstić information content (AvgIpc) is 3.65. The molecule has 5 aliphatic rings. The third-order valence-corrected chi connectivity index (χ3v) is 17.0. The van der Waals surface area contributed by atoms with Crippen LogP contribution < -0.4 is 5.32 Å². The van der Waals surface area contributed by atoms with Crippen LogP contribution in [0.2, 0.25) is 0 Å². The molecular weight excluding hydrogens is 877 g/mol. The summed E-state index contributed by atoms with van der Waals surface area (Å²) in [7, 11) is -11.4. The summed E-state index contributed by atoms with van der Waals surface area (Å²) >= 11 is 0.223. The fraction of sp³-hybridized carbons (Fsp3) is 0.524. The number of halogens is 3. The second-order valence-corrected chi connectivity index (χ2v) is 20.7. The fourth-order valence-corrected chi connectivity index (χ4v) is 14.0. The van der Waals surface area contributed by atoms with Gasteiger partial charge in [0.25, 0.3) is 0 Å². The molecule has 62 heavy (non-hydrogen) atoms. The Bertz CT molecular complexity index is 2270. The van der Waals surface area contributed by atoms with Crippen molar-refractivity contribution in [3.63, 3.8) is 0 Å². The van der Waals surface area contributed by atoms with Gasteiger partial charge in [-0.3, -0.25) is 23.4 Å². The number of phosphoric ester groups is 2. The van der Waals surface area contributed by atoms with Crippen molar-refractivity contribution >= 4 is 50.4 Å². The molecule has 14 nitrogen and oxygen atoms in total. The van der Waals surface area contributed by atoms with Gasteiger partial charge in [0.1, 0.15) is 24.9 Å². The molecule has 7 rings (SSSR count). The maximum atomic E-state index is 18.7. The number of alkyl carbamates (subject to hydrolysis) is 1. The van der Waals surface area contributed by atoms with Gasteiger partial charge in [-0.1, -0.05) is 75.4 Å². The number of allylic oxidation sites excluding steroid dienone is 4. The van der Waals surface area contributed by atoms with E-state index in [0.29, 0.717) is 0 Å². The Morgan fingerprint density at radius 1 is 0.984 bits per heavy atom. The molecule has 0 radical (unpaired) electrons. The second-order valence-electron chi connectivity index (χ2n) is 16.8. The van der Waals surface area contributed by atoms with Crippen molar-refractivity contribution in [1.29, 1.82) is 0 Å². The molecule has 0 spiro atoms. The normalized spacial score (nSPS) is 34.0. The molecule has 3 saturated carbocycles. The van der Waals surface area contributed by atoms with Crippen molar-refractivity contribution in [2.24, 2.45) is 28.6 Å². The number of carbonyl (C=O) groups excluding carboxylic acids is 4. The van der Waals surface area contributed by atoms with Gasteiger partial charge in [0, 0.05) is 41.5 Å². The monoisotopic (exact) mass is 925 g/mol. The van der Waals surface area contributed by atoms with Crippen LogP contribution in [0, 0.1) is 28.6 Å². The van der Waals surface area contributed by atoms with Gasteiger partial charge in [0.2, 0.25) is 5.12 Å². The molecule has 11 atom stereocenters. The quantitative estimate of drug-likeness (QED) is 0.0929. The predicted octanol–water partition coefficient (Wildman–Crippen LogP) is 8.23. The summed E-state index contributed by atoms with van der Waals surface area (Å²) in [6.45, 7) is 4.59. The van der Waals surface area contributed by atoms with Gasteiger partial charge in [-0.2, -0.15) is 4.31 Å². The van der Waals surface area contributed by atoms with Crippen LogP contribution in [0.1, 0.15) is 70.4 Å². The van der Waals surface area contributed by atoms with E-state index in [2.05, 4.69) is 9.63 Å². The number of alkyl halides is 3. The molecule has 2 aromatic rings. The zero-order valence-electron chi connectivity index (χ0n) is 34.3. The summed E-state index contributed by atoms with van der Waals surface area (Å²) in [6, 6.07) is 14.2. The summed E-state index contributed by atoms with van der Waals surface area (Å²) in [6.07, 6.45) is -3.37. The van der Waals surface area contributed by atoms with Gasteiger partial charge >= 0.3 is 27.7 Å². The van der Waals surface area contributed by atoms with Crippen LogP contribution >= 0.6 is 27.4 Å². The van der Waals surface area contributed by atoms with E-state index in [4.69, 9.17) is 18.5 Å². The zero-order valence-corrected chi connectivity index (χ0v) is 36.9. The fourth-order valence-electron chi connectivity index (χ4n) is 11.0. The minimum absolute atomic E-state index is 0.0172. The Hall–Kier alpha value is -3.60. The largest absolute Gasteiger partial charge is 0.481 e. The van der Waals surface area contributed by atoms with Crippen molar-refractivity contribution in [3.05, 3.63) is 83.5 Å². The highest BCUT2D eigenvalue weighted by molar-refractivity contribution is 8.13. The summed E-state index contributed by atoms with van der Waals surface area (Å²) in [4.78, 5) is 73.7. The van der Waals surface area contributed by atoms with E-state index in [9.17, 15) is 42.5 Å². The van der Waals surface area contributed by atoms with Crippen molar-refractivity contribution in [3.8, 4) is 11.1 Å². The highest BCUT2D eigenvalue weighted by atomic mass is 32.2. The highest BCUT2D eigenvalue weighted by Crippen LogP contribution is 2.74. The van der Waals surface area contributed by atoms with Crippen molar-refractivity contribution in [2.45, 2.75) is 82.8 Å². The van der Waals surface area contributed by atoms with Crippen molar-refractivity contribution in [1.82, 2.24) is 5.32 Å². The van der Waals surface area contributed by atoms with Crippen molar-refractivity contribution in [2.75, 3.05) is 25.8 Å². The SMILES string of the molecule is CCC(=O)O[C@]1(C(=O)SCF)[C@H](C)C[C@H]2[C@@H]3C[C@H](F)C4=CC(=O)C=C[C@]4(C)[C@@]3(F)[C@@H](OP(=O)(O)OP(=O)(O)OCCNC(=O)OCC3c4ccccc4-c4ccccc43)C[C@@]21C. The maximum Gasteiger partial charge on any atom is 0.481 e. The van der Waals surface area contributed by atoms with Crippen LogP contribution in [0.25, 0.3) is 11.1 Å². The van der Waals surface area contributed by atoms with Crippen LogP contribution in [-0.4, -0.2) is 82.1 Å². The van der Waals surface area contributed by atoms with E-state index in [1.165, 1.54) is 20.8 Å². The Morgan fingerprint density at radius 2 is 1.63 bits per heavy atom. The number of thioether (sulfide) groups is 1. The van der Waals surface area contributed by atoms with Crippen LogP contribution in [0.5, 0.6) is 0 Å². The molecule has 2 aromatic carbocycles. The first-order valence-electron chi connectivity index (χ1n) is 20.2. The molecule has 0 bridgehead atoms. The van der Waals surface area contributed by atoms with E-state index in [1.807, 2.05) is 48.5 Å². The van der Waals surface area contributed by atoms with E-state index >= 15 is 8.78 Å². The van der Waals surface area contributed by atoms with Crippen LogP contribution in [0.3, 0.4) is 0 Å². The third kappa shape index (κ3) is 7.76. The van der Waals surface area contributed by atoms with Gasteiger partial charge in [-0.15, -0.1) is 0 Å². The lowest BCUT2D eigenvalue weighted by Crippen LogP contribution is -2.71. The molecule has 336 valence electrons. The van der Waals surface area contributed by atoms with Crippen LogP contribution in [-0.2, 0) is 46.3 Å². The number of ketones is 1. The predicted molar refractivity (Wildman–Crippen MR) is 219 cm³/mol. The van der Waals surface area contributed by atoms with E-state index < -0.39 is 123 Å². The van der Waals surface area contributed by atoms with Crippen molar-refractivity contribution < 1.29 is 74.1 Å². The minimum atomic E-state index is -5.88. The number of ether oxygens (including phenoxy) is 2. The molecule has 5 aliphatic carbocycles. The number of esters is 1. The second kappa shape index (κ2) is 17.1. The summed E-state index contributed by atoms with van der Waals surface area (Å²) in [5.41, 5.74) is -5.00. The molecular formula is C42H48F3NO13P2S. The van der Waals surface area contributed by atoms with Crippen LogP contribution in [0.15, 0.2) is 72.3 Å². The lowest BCUT2D eigenvalue weighted by atomic mass is 9.44. The number of fused-ring (bicyclic) bond motifs is 8. The summed E-state index contributed by atoms with van der Waals surface area (Å²) in [5.74, 6) is -5.03. The van der Waals surface area contributed by atoms with Crippen LogP contribution in [0.4, 0.5) is 18.0 Å². The van der Waals surface area contributed by atoms with Gasteiger partial charge in [-0.25, -0.2) is 27.1 Å². The first-order chi connectivity index (χ1) is 29.2. The molecule has 0 saturated heterocycles. The van der Waals surface area contributed by atoms with E-state index in [0.717, 1.165) is 40.5 Å². The number of nitrogens with one attached hydrogen (secondary N) is 1. The summed E-state index contributed by atoms with van der Waals surface area (Å²) in [5, 5.41) is 1.45. The first kappa shape index (κ1) is 46.4. The number of amides is 1. The molecule has 2 unspecified atom stereocenters. The number of rotatable bonds is 14. The number of phosphoric acid groups is 2.